The van der Waals surface area contributed by atoms with Crippen molar-refractivity contribution in [3.8, 4) is 0 Å². The lowest BCUT2D eigenvalue weighted by atomic mass is 9.87. The van der Waals surface area contributed by atoms with Gasteiger partial charge in [-0.25, -0.2) is 4.39 Å². The molecule has 3 heteroatoms. The summed E-state index contributed by atoms with van der Waals surface area (Å²) in [6.45, 7) is 0. The van der Waals surface area contributed by atoms with Gasteiger partial charge in [-0.3, -0.25) is 0 Å². The fraction of sp³-hybridized carbons (Fsp3) is 0.571. The van der Waals surface area contributed by atoms with E-state index in [1.807, 2.05) is 12.1 Å². The standard InChI is InChI=1S/C14H17Br2F/c15-9-12(11-3-1-2-4-11)7-10-5-6-14(17)13(16)8-10/h5-6,8,11-12H,1-4,7,9H2. The van der Waals surface area contributed by atoms with E-state index in [-0.39, 0.29) is 5.82 Å². The van der Waals surface area contributed by atoms with Crippen LogP contribution in [0.2, 0.25) is 0 Å². The van der Waals surface area contributed by atoms with Crippen LogP contribution in [0.3, 0.4) is 0 Å². The van der Waals surface area contributed by atoms with E-state index in [0.29, 0.717) is 10.4 Å². The molecule has 94 valence electrons. The lowest BCUT2D eigenvalue weighted by Crippen LogP contribution is -2.16. The number of rotatable bonds is 4. The molecule has 1 unspecified atom stereocenters. The molecule has 1 aromatic carbocycles. The zero-order chi connectivity index (χ0) is 12.3. The van der Waals surface area contributed by atoms with Crippen molar-refractivity contribution in [3.05, 3.63) is 34.1 Å². The third kappa shape index (κ3) is 3.54. The van der Waals surface area contributed by atoms with Gasteiger partial charge in [0.05, 0.1) is 4.47 Å². The van der Waals surface area contributed by atoms with Gasteiger partial charge in [0.1, 0.15) is 5.82 Å². The Kier molecular flexibility index (Phi) is 5.04. The highest BCUT2D eigenvalue weighted by Crippen LogP contribution is 2.34. The Morgan fingerprint density at radius 2 is 2.00 bits per heavy atom. The smallest absolute Gasteiger partial charge is 0.137 e. The van der Waals surface area contributed by atoms with Crippen LogP contribution in [0.5, 0.6) is 0 Å². The fourth-order valence-corrected chi connectivity index (χ4v) is 3.93. The molecule has 0 spiro atoms. The van der Waals surface area contributed by atoms with Crippen molar-refractivity contribution in [2.75, 3.05) is 5.33 Å². The SMILES string of the molecule is Fc1ccc(CC(CBr)C2CCCC2)cc1Br. The van der Waals surface area contributed by atoms with Gasteiger partial charge in [0.25, 0.3) is 0 Å². The molecule has 0 amide bonds. The van der Waals surface area contributed by atoms with Gasteiger partial charge in [-0.05, 0) is 51.9 Å². The van der Waals surface area contributed by atoms with E-state index in [1.165, 1.54) is 31.2 Å². The van der Waals surface area contributed by atoms with Crippen LogP contribution >= 0.6 is 31.9 Å². The van der Waals surface area contributed by atoms with Gasteiger partial charge >= 0.3 is 0 Å². The second-order valence-electron chi connectivity index (χ2n) is 4.91. The molecule has 2 rings (SSSR count). The molecule has 0 aromatic heterocycles. The van der Waals surface area contributed by atoms with Crippen molar-refractivity contribution in [3.63, 3.8) is 0 Å². The molecule has 1 saturated carbocycles. The molecule has 1 aromatic rings. The first-order valence-electron chi connectivity index (χ1n) is 6.20. The summed E-state index contributed by atoms with van der Waals surface area (Å²) in [6.07, 6.45) is 6.52. The summed E-state index contributed by atoms with van der Waals surface area (Å²) in [4.78, 5) is 0. The molecule has 1 fully saturated rings. The lowest BCUT2D eigenvalue weighted by molar-refractivity contribution is 0.373. The van der Waals surface area contributed by atoms with Crippen LogP contribution in [0.25, 0.3) is 0 Å². The van der Waals surface area contributed by atoms with Gasteiger partial charge in [0, 0.05) is 5.33 Å². The maximum atomic E-state index is 13.2. The van der Waals surface area contributed by atoms with Crippen LogP contribution in [0, 0.1) is 17.7 Å². The van der Waals surface area contributed by atoms with E-state index >= 15 is 0 Å². The van der Waals surface area contributed by atoms with Crippen LogP contribution in [0.15, 0.2) is 22.7 Å². The Morgan fingerprint density at radius 3 is 2.59 bits per heavy atom. The second-order valence-corrected chi connectivity index (χ2v) is 6.41. The minimum atomic E-state index is -0.176. The summed E-state index contributed by atoms with van der Waals surface area (Å²) in [6, 6.07) is 5.38. The first-order valence-corrected chi connectivity index (χ1v) is 8.12. The number of hydrogen-bond donors (Lipinski definition) is 0. The highest BCUT2D eigenvalue weighted by atomic mass is 79.9. The Labute approximate surface area is 119 Å². The Balaban J connectivity index is 2.04. The number of hydrogen-bond acceptors (Lipinski definition) is 0. The van der Waals surface area contributed by atoms with Crippen molar-refractivity contribution in [1.82, 2.24) is 0 Å². The molecule has 0 N–H and O–H groups in total. The van der Waals surface area contributed by atoms with Gasteiger partial charge in [-0.1, -0.05) is 47.7 Å². The maximum Gasteiger partial charge on any atom is 0.137 e. The number of benzene rings is 1. The van der Waals surface area contributed by atoms with Gasteiger partial charge < -0.3 is 0 Å². The van der Waals surface area contributed by atoms with Crippen molar-refractivity contribution in [2.45, 2.75) is 32.1 Å². The normalized spacial score (nSPS) is 18.5. The third-order valence-corrected chi connectivity index (χ3v) is 5.19. The van der Waals surface area contributed by atoms with E-state index in [2.05, 4.69) is 31.9 Å². The molecule has 1 aliphatic carbocycles. The van der Waals surface area contributed by atoms with Crippen molar-refractivity contribution < 1.29 is 4.39 Å². The average molecular weight is 364 g/mol. The van der Waals surface area contributed by atoms with Crippen LogP contribution in [-0.4, -0.2) is 5.33 Å². The molecular formula is C14H17Br2F. The molecule has 0 saturated heterocycles. The predicted molar refractivity (Wildman–Crippen MR) is 77.0 cm³/mol. The predicted octanol–water partition coefficient (Wildman–Crippen LogP) is 5.33. The summed E-state index contributed by atoms with van der Waals surface area (Å²) in [7, 11) is 0. The zero-order valence-electron chi connectivity index (χ0n) is 9.76. The monoisotopic (exact) mass is 362 g/mol. The summed E-state index contributed by atoms with van der Waals surface area (Å²) < 4.78 is 13.7. The third-order valence-electron chi connectivity index (χ3n) is 3.75. The second kappa shape index (κ2) is 6.33. The highest BCUT2D eigenvalue weighted by molar-refractivity contribution is 9.10. The molecule has 0 nitrogen and oxygen atoms in total. The van der Waals surface area contributed by atoms with E-state index < -0.39 is 0 Å². The molecule has 0 heterocycles. The topological polar surface area (TPSA) is 0 Å². The van der Waals surface area contributed by atoms with E-state index in [4.69, 9.17) is 0 Å². The molecule has 0 radical (unpaired) electrons. The zero-order valence-corrected chi connectivity index (χ0v) is 12.9. The number of alkyl halides is 1. The molecule has 17 heavy (non-hydrogen) atoms. The van der Waals surface area contributed by atoms with Crippen molar-refractivity contribution in [2.24, 2.45) is 11.8 Å². The summed E-state index contributed by atoms with van der Waals surface area (Å²) in [5.41, 5.74) is 1.23. The quantitative estimate of drug-likeness (QED) is 0.634. The van der Waals surface area contributed by atoms with Crippen molar-refractivity contribution in [1.29, 1.82) is 0 Å². The minimum absolute atomic E-state index is 0.176. The summed E-state index contributed by atoms with van der Waals surface area (Å²) in [5, 5.41) is 1.05. The van der Waals surface area contributed by atoms with Crippen LogP contribution < -0.4 is 0 Å². The Bertz CT molecular complexity index is 372. The van der Waals surface area contributed by atoms with E-state index in [0.717, 1.165) is 17.7 Å². The summed E-state index contributed by atoms with van der Waals surface area (Å²) >= 11 is 6.89. The summed E-state index contributed by atoms with van der Waals surface area (Å²) in [5.74, 6) is 1.36. The maximum absolute atomic E-state index is 13.2. The van der Waals surface area contributed by atoms with Gasteiger partial charge in [-0.15, -0.1) is 0 Å². The van der Waals surface area contributed by atoms with Crippen molar-refractivity contribution >= 4 is 31.9 Å². The Morgan fingerprint density at radius 1 is 1.29 bits per heavy atom. The van der Waals surface area contributed by atoms with Crippen LogP contribution in [0.4, 0.5) is 4.39 Å². The fourth-order valence-electron chi connectivity index (χ4n) is 2.75. The lowest BCUT2D eigenvalue weighted by Gasteiger charge is -2.21. The van der Waals surface area contributed by atoms with E-state index in [9.17, 15) is 4.39 Å². The van der Waals surface area contributed by atoms with Crippen LogP contribution in [-0.2, 0) is 6.42 Å². The minimum Gasteiger partial charge on any atom is -0.206 e. The molecular weight excluding hydrogens is 347 g/mol. The van der Waals surface area contributed by atoms with Gasteiger partial charge in [-0.2, -0.15) is 0 Å². The largest absolute Gasteiger partial charge is 0.206 e. The molecule has 1 atom stereocenters. The van der Waals surface area contributed by atoms with Crippen LogP contribution in [0.1, 0.15) is 31.2 Å². The molecule has 0 aliphatic heterocycles. The Hall–Kier alpha value is 0.110. The van der Waals surface area contributed by atoms with E-state index in [1.54, 1.807) is 6.07 Å². The van der Waals surface area contributed by atoms with Gasteiger partial charge in [0.2, 0.25) is 0 Å². The first kappa shape index (κ1) is 13.5. The average Bonchev–Trinajstić information content (AvgIpc) is 2.84. The highest BCUT2D eigenvalue weighted by Gasteiger charge is 2.24. The first-order chi connectivity index (χ1) is 8.20. The molecule has 1 aliphatic rings. The molecule has 0 bridgehead atoms. The van der Waals surface area contributed by atoms with Gasteiger partial charge in [0.15, 0.2) is 0 Å². The number of halogens is 3.